The maximum Gasteiger partial charge on any atom is 0.121 e. The molecule has 2 N–H and O–H groups in total. The quantitative estimate of drug-likeness (QED) is 0.859. The van der Waals surface area contributed by atoms with Crippen LogP contribution in [-0.2, 0) is 12.8 Å². The van der Waals surface area contributed by atoms with Crippen LogP contribution in [-0.4, -0.2) is 16.7 Å². The van der Waals surface area contributed by atoms with Gasteiger partial charge in [-0.15, -0.1) is 21.5 Å². The lowest BCUT2D eigenvalue weighted by Gasteiger charge is -1.94. The van der Waals surface area contributed by atoms with Crippen LogP contribution in [0.4, 0.5) is 0 Å². The first-order valence-electron chi connectivity index (χ1n) is 5.44. The van der Waals surface area contributed by atoms with E-state index in [0.29, 0.717) is 6.54 Å². The summed E-state index contributed by atoms with van der Waals surface area (Å²) in [6.45, 7) is 0.716. The third-order valence-corrected chi connectivity index (χ3v) is 3.28. The van der Waals surface area contributed by atoms with Crippen LogP contribution in [0, 0.1) is 0 Å². The van der Waals surface area contributed by atoms with E-state index in [2.05, 4.69) is 22.3 Å². The molecule has 2 aromatic rings. The van der Waals surface area contributed by atoms with Crippen molar-refractivity contribution < 1.29 is 0 Å². The summed E-state index contributed by atoms with van der Waals surface area (Å²) < 4.78 is 0. The summed E-state index contributed by atoms with van der Waals surface area (Å²) >= 11 is 1.69. The van der Waals surface area contributed by atoms with Gasteiger partial charge in [-0.05, 0) is 18.5 Å². The van der Waals surface area contributed by atoms with Gasteiger partial charge >= 0.3 is 0 Å². The monoisotopic (exact) mass is 233 g/mol. The number of nitrogens with zero attached hydrogens (tertiary/aromatic N) is 2. The third-order valence-electron chi connectivity index (χ3n) is 2.30. The predicted molar refractivity (Wildman–Crippen MR) is 66.5 cm³/mol. The van der Waals surface area contributed by atoms with Gasteiger partial charge in [-0.25, -0.2) is 0 Å². The minimum absolute atomic E-state index is 0.716. The summed E-state index contributed by atoms with van der Waals surface area (Å²) in [6.07, 6.45) is 2.81. The molecule has 16 heavy (non-hydrogen) atoms. The van der Waals surface area contributed by atoms with Crippen molar-refractivity contribution in [2.45, 2.75) is 19.3 Å². The summed E-state index contributed by atoms with van der Waals surface area (Å²) in [5.74, 6) is 0. The molecule has 1 aromatic carbocycles. The lowest BCUT2D eigenvalue weighted by atomic mass is 10.2. The molecule has 0 bridgehead atoms. The SMILES string of the molecule is NCCCc1nnc(Cc2ccccc2)s1. The minimum Gasteiger partial charge on any atom is -0.330 e. The summed E-state index contributed by atoms with van der Waals surface area (Å²) in [4.78, 5) is 0. The van der Waals surface area contributed by atoms with E-state index in [-0.39, 0.29) is 0 Å². The minimum atomic E-state index is 0.716. The van der Waals surface area contributed by atoms with Gasteiger partial charge in [-0.1, -0.05) is 30.3 Å². The Balaban J connectivity index is 1.97. The zero-order valence-corrected chi connectivity index (χ0v) is 9.91. The second kappa shape index (κ2) is 5.72. The largest absolute Gasteiger partial charge is 0.330 e. The van der Waals surface area contributed by atoms with Gasteiger partial charge in [0, 0.05) is 12.8 Å². The van der Waals surface area contributed by atoms with Crippen molar-refractivity contribution in [1.82, 2.24) is 10.2 Å². The van der Waals surface area contributed by atoms with E-state index in [1.165, 1.54) is 5.56 Å². The maximum absolute atomic E-state index is 5.46. The Morgan fingerprint density at radius 2 is 1.81 bits per heavy atom. The van der Waals surface area contributed by atoms with Gasteiger partial charge in [0.2, 0.25) is 0 Å². The zero-order chi connectivity index (χ0) is 11.2. The van der Waals surface area contributed by atoms with E-state index in [1.807, 2.05) is 18.2 Å². The fourth-order valence-corrected chi connectivity index (χ4v) is 2.41. The van der Waals surface area contributed by atoms with Gasteiger partial charge in [0.1, 0.15) is 10.0 Å². The topological polar surface area (TPSA) is 51.8 Å². The number of hydrogen-bond acceptors (Lipinski definition) is 4. The summed E-state index contributed by atoms with van der Waals surface area (Å²) in [6, 6.07) is 10.3. The van der Waals surface area contributed by atoms with Crippen LogP contribution in [0.15, 0.2) is 30.3 Å². The molecule has 2 rings (SSSR count). The fraction of sp³-hybridized carbons (Fsp3) is 0.333. The Labute approximate surface area is 99.3 Å². The molecule has 0 aliphatic heterocycles. The van der Waals surface area contributed by atoms with E-state index in [1.54, 1.807) is 11.3 Å². The number of rotatable bonds is 5. The van der Waals surface area contributed by atoms with Crippen molar-refractivity contribution in [2.24, 2.45) is 5.73 Å². The predicted octanol–water partition coefficient (Wildman–Crippen LogP) is 2.02. The van der Waals surface area contributed by atoms with Crippen LogP contribution in [0.5, 0.6) is 0 Å². The van der Waals surface area contributed by atoms with Gasteiger partial charge in [-0.3, -0.25) is 0 Å². The standard InChI is InChI=1S/C12H15N3S/c13-8-4-7-11-14-15-12(16-11)9-10-5-2-1-3-6-10/h1-3,5-6H,4,7-9,13H2. The first kappa shape index (κ1) is 11.2. The number of aryl methyl sites for hydroxylation is 1. The van der Waals surface area contributed by atoms with Gasteiger partial charge < -0.3 is 5.73 Å². The summed E-state index contributed by atoms with van der Waals surface area (Å²) in [5.41, 5.74) is 6.74. The van der Waals surface area contributed by atoms with E-state index >= 15 is 0 Å². The van der Waals surface area contributed by atoms with E-state index in [0.717, 1.165) is 29.3 Å². The molecule has 0 radical (unpaired) electrons. The molecule has 0 aliphatic carbocycles. The van der Waals surface area contributed by atoms with Crippen molar-refractivity contribution >= 4 is 11.3 Å². The van der Waals surface area contributed by atoms with Crippen LogP contribution in [0.25, 0.3) is 0 Å². The Hall–Kier alpha value is -1.26. The summed E-state index contributed by atoms with van der Waals surface area (Å²) in [5, 5.41) is 10.5. The van der Waals surface area contributed by atoms with Gasteiger partial charge in [0.15, 0.2) is 0 Å². The Kier molecular flexibility index (Phi) is 4.02. The zero-order valence-electron chi connectivity index (χ0n) is 9.10. The molecule has 0 aliphatic rings. The molecule has 4 heteroatoms. The fourth-order valence-electron chi connectivity index (χ4n) is 1.48. The first-order chi connectivity index (χ1) is 7.88. The lowest BCUT2D eigenvalue weighted by Crippen LogP contribution is -1.99. The normalized spacial score (nSPS) is 10.6. The molecule has 0 fully saturated rings. The average Bonchev–Trinajstić information content (AvgIpc) is 2.75. The number of aromatic nitrogens is 2. The Morgan fingerprint density at radius 3 is 2.56 bits per heavy atom. The third kappa shape index (κ3) is 3.12. The van der Waals surface area contributed by atoms with Crippen LogP contribution < -0.4 is 5.73 Å². The molecule has 84 valence electrons. The Morgan fingerprint density at radius 1 is 1.06 bits per heavy atom. The molecule has 3 nitrogen and oxygen atoms in total. The smallest absolute Gasteiger partial charge is 0.121 e. The first-order valence-corrected chi connectivity index (χ1v) is 6.25. The van der Waals surface area contributed by atoms with E-state index in [9.17, 15) is 0 Å². The summed E-state index contributed by atoms with van der Waals surface area (Å²) in [7, 11) is 0. The highest BCUT2D eigenvalue weighted by Gasteiger charge is 2.04. The van der Waals surface area contributed by atoms with Crippen molar-refractivity contribution in [1.29, 1.82) is 0 Å². The van der Waals surface area contributed by atoms with Crippen molar-refractivity contribution in [2.75, 3.05) is 6.54 Å². The number of hydrogen-bond donors (Lipinski definition) is 1. The number of nitrogens with two attached hydrogens (primary N) is 1. The number of benzene rings is 1. The molecular weight excluding hydrogens is 218 g/mol. The van der Waals surface area contributed by atoms with E-state index in [4.69, 9.17) is 5.73 Å². The van der Waals surface area contributed by atoms with Crippen molar-refractivity contribution in [3.8, 4) is 0 Å². The van der Waals surface area contributed by atoms with Gasteiger partial charge in [0.25, 0.3) is 0 Å². The highest BCUT2D eigenvalue weighted by molar-refractivity contribution is 7.11. The van der Waals surface area contributed by atoms with Crippen LogP contribution in [0.2, 0.25) is 0 Å². The van der Waals surface area contributed by atoms with Crippen LogP contribution in [0.3, 0.4) is 0 Å². The molecule has 0 unspecified atom stereocenters. The van der Waals surface area contributed by atoms with Gasteiger partial charge in [-0.2, -0.15) is 0 Å². The molecule has 1 aromatic heterocycles. The highest BCUT2D eigenvalue weighted by Crippen LogP contribution is 2.15. The highest BCUT2D eigenvalue weighted by atomic mass is 32.1. The second-order valence-corrected chi connectivity index (χ2v) is 4.79. The van der Waals surface area contributed by atoms with Gasteiger partial charge in [0.05, 0.1) is 0 Å². The average molecular weight is 233 g/mol. The lowest BCUT2D eigenvalue weighted by molar-refractivity contribution is 0.809. The molecule has 0 atom stereocenters. The molecule has 0 amide bonds. The van der Waals surface area contributed by atoms with Crippen LogP contribution in [0.1, 0.15) is 22.0 Å². The molecule has 0 saturated carbocycles. The second-order valence-electron chi connectivity index (χ2n) is 3.64. The molecular formula is C12H15N3S. The maximum atomic E-state index is 5.46. The Bertz CT molecular complexity index is 425. The van der Waals surface area contributed by atoms with Crippen molar-refractivity contribution in [3.63, 3.8) is 0 Å². The van der Waals surface area contributed by atoms with Crippen LogP contribution >= 0.6 is 11.3 Å². The van der Waals surface area contributed by atoms with Crippen molar-refractivity contribution in [3.05, 3.63) is 45.9 Å². The molecule has 1 heterocycles. The van der Waals surface area contributed by atoms with E-state index < -0.39 is 0 Å². The molecule has 0 saturated heterocycles. The molecule has 0 spiro atoms.